The normalized spacial score (nSPS) is 17.6. The molecule has 1 heterocycles. The summed E-state index contributed by atoms with van der Waals surface area (Å²) in [6, 6.07) is 10.9. The quantitative estimate of drug-likeness (QED) is 0.150. The number of Topliss-reactive ketones (excluding diaryl/α,β-unsaturated/α-hetero) is 1. The second-order valence-electron chi connectivity index (χ2n) is 6.88. The van der Waals surface area contributed by atoms with E-state index in [1.54, 1.807) is 24.3 Å². The lowest BCUT2D eigenvalue weighted by atomic mass is 9.94. The molecule has 32 heavy (non-hydrogen) atoms. The molecule has 2 N–H and O–H groups in total. The molecule has 1 aliphatic rings. The summed E-state index contributed by atoms with van der Waals surface area (Å²) in [6.45, 7) is -0.0619. The minimum Gasteiger partial charge on any atom is -0.507 e. The van der Waals surface area contributed by atoms with Gasteiger partial charge in [0.25, 0.3) is 17.4 Å². The molecule has 1 fully saturated rings. The van der Waals surface area contributed by atoms with Crippen molar-refractivity contribution >= 4 is 23.1 Å². The number of hydrogen-bond acceptors (Lipinski definition) is 8. The maximum absolute atomic E-state index is 13.0. The Hall–Kier alpha value is -3.76. The number of nitro benzene ring substituents is 1. The number of ketones is 1. The number of likely N-dealkylation sites (tertiary alicyclic amines) is 1. The molecule has 1 atom stereocenters. The molecule has 0 aromatic heterocycles. The minimum atomic E-state index is -0.997. The summed E-state index contributed by atoms with van der Waals surface area (Å²) in [5.41, 5.74) is 0.0219. The number of rotatable bonds is 9. The molecule has 0 spiro atoms. The number of non-ortho nitro benzene ring substituents is 1. The lowest BCUT2D eigenvalue weighted by molar-refractivity contribution is -0.384. The van der Waals surface area contributed by atoms with E-state index in [0.29, 0.717) is 11.3 Å². The van der Waals surface area contributed by atoms with Gasteiger partial charge in [-0.1, -0.05) is 30.3 Å². The molecule has 0 radical (unpaired) electrons. The van der Waals surface area contributed by atoms with E-state index in [9.17, 15) is 24.8 Å². The fourth-order valence-electron chi connectivity index (χ4n) is 3.58. The number of nitrogens with zero attached hydrogens (tertiary/aromatic N) is 2. The summed E-state index contributed by atoms with van der Waals surface area (Å²) in [6.07, 6.45) is 0. The summed E-state index contributed by atoms with van der Waals surface area (Å²) in [7, 11) is 1.44. The predicted molar refractivity (Wildman–Crippen MR) is 113 cm³/mol. The van der Waals surface area contributed by atoms with Crippen molar-refractivity contribution in [1.82, 2.24) is 4.90 Å². The number of carbonyl (C=O) groups excluding carboxylic acids is 2. The molecular weight excluding hydrogens is 420 g/mol. The highest BCUT2D eigenvalue weighted by Crippen LogP contribution is 2.42. The number of aliphatic hydroxyl groups is 2. The number of aliphatic hydroxyl groups excluding tert-OH is 2. The second kappa shape index (κ2) is 10.0. The van der Waals surface area contributed by atoms with Gasteiger partial charge < -0.3 is 24.6 Å². The molecule has 10 heteroatoms. The summed E-state index contributed by atoms with van der Waals surface area (Å²) < 4.78 is 10.6. The van der Waals surface area contributed by atoms with Gasteiger partial charge in [0, 0.05) is 29.8 Å². The molecule has 3 rings (SSSR count). The third-order valence-electron chi connectivity index (χ3n) is 5.02. The van der Waals surface area contributed by atoms with Crippen LogP contribution in [0.15, 0.2) is 54.1 Å². The van der Waals surface area contributed by atoms with Crippen LogP contribution in [0.1, 0.15) is 17.2 Å². The molecule has 168 valence electrons. The molecule has 0 aliphatic carbocycles. The van der Waals surface area contributed by atoms with Gasteiger partial charge >= 0.3 is 0 Å². The van der Waals surface area contributed by atoms with Crippen molar-refractivity contribution in [3.05, 3.63) is 75.3 Å². The Balaban J connectivity index is 2.14. The van der Waals surface area contributed by atoms with Crippen LogP contribution in [0.25, 0.3) is 5.76 Å². The van der Waals surface area contributed by atoms with E-state index in [1.165, 1.54) is 30.2 Å². The first-order valence-electron chi connectivity index (χ1n) is 9.75. The third-order valence-corrected chi connectivity index (χ3v) is 5.02. The van der Waals surface area contributed by atoms with Crippen LogP contribution in [-0.2, 0) is 14.3 Å². The molecule has 10 nitrogen and oxygen atoms in total. The number of carbonyl (C=O) groups is 2. The predicted octanol–water partition coefficient (Wildman–Crippen LogP) is 2.03. The zero-order valence-corrected chi connectivity index (χ0v) is 17.3. The number of benzene rings is 2. The number of methoxy groups -OCH3 is 1. The highest BCUT2D eigenvalue weighted by Gasteiger charge is 2.46. The molecule has 0 bridgehead atoms. The highest BCUT2D eigenvalue weighted by atomic mass is 16.6. The molecule has 1 aliphatic heterocycles. The largest absolute Gasteiger partial charge is 0.507 e. The lowest BCUT2D eigenvalue weighted by Gasteiger charge is -2.26. The van der Waals surface area contributed by atoms with Gasteiger partial charge in [-0.15, -0.1) is 0 Å². The first-order valence-corrected chi connectivity index (χ1v) is 9.75. The van der Waals surface area contributed by atoms with Crippen LogP contribution in [0.3, 0.4) is 0 Å². The zero-order chi connectivity index (χ0) is 23.3. The summed E-state index contributed by atoms with van der Waals surface area (Å²) in [5, 5.41) is 31.0. The van der Waals surface area contributed by atoms with E-state index >= 15 is 0 Å². The maximum atomic E-state index is 13.0. The summed E-state index contributed by atoms with van der Waals surface area (Å²) in [5.74, 6) is -1.90. The molecule has 1 amide bonds. The fraction of sp³-hybridized carbons (Fsp3) is 0.273. The van der Waals surface area contributed by atoms with Crippen molar-refractivity contribution < 1.29 is 34.2 Å². The van der Waals surface area contributed by atoms with Crippen LogP contribution in [0.5, 0.6) is 5.75 Å². The van der Waals surface area contributed by atoms with Crippen LogP contribution >= 0.6 is 0 Å². The number of nitro groups is 1. The Kier molecular flexibility index (Phi) is 7.18. The van der Waals surface area contributed by atoms with E-state index in [-0.39, 0.29) is 43.2 Å². The third kappa shape index (κ3) is 4.46. The van der Waals surface area contributed by atoms with Gasteiger partial charge in [0.15, 0.2) is 0 Å². The molecule has 2 aromatic carbocycles. The smallest absolute Gasteiger partial charge is 0.295 e. The summed E-state index contributed by atoms with van der Waals surface area (Å²) >= 11 is 0. The van der Waals surface area contributed by atoms with E-state index in [1.807, 2.05) is 0 Å². The van der Waals surface area contributed by atoms with Gasteiger partial charge in [0.1, 0.15) is 11.5 Å². The zero-order valence-electron chi connectivity index (χ0n) is 17.3. The van der Waals surface area contributed by atoms with Gasteiger partial charge in [-0.2, -0.15) is 0 Å². The Morgan fingerprint density at radius 1 is 1.16 bits per heavy atom. The average molecular weight is 442 g/mol. The Labute approximate surface area is 183 Å². The second-order valence-corrected chi connectivity index (χ2v) is 6.88. The SMILES string of the molecule is COc1ccccc1C1/C(=C(/O)c2cccc([N+](=O)[O-])c2)C(=O)C(=O)N1CCOCCO. The van der Waals surface area contributed by atoms with Crippen molar-refractivity contribution in [2.45, 2.75) is 6.04 Å². The topological polar surface area (TPSA) is 139 Å². The van der Waals surface area contributed by atoms with E-state index in [2.05, 4.69) is 0 Å². The van der Waals surface area contributed by atoms with Gasteiger partial charge in [0.05, 0.1) is 43.5 Å². The first kappa shape index (κ1) is 22.9. The monoisotopic (exact) mass is 442 g/mol. The minimum absolute atomic E-state index is 0.0129. The first-order chi connectivity index (χ1) is 15.4. The highest BCUT2D eigenvalue weighted by molar-refractivity contribution is 6.46. The van der Waals surface area contributed by atoms with Crippen molar-refractivity contribution in [2.24, 2.45) is 0 Å². The standard InChI is InChI=1S/C22H22N2O8/c1-31-17-8-3-2-7-16(17)19-18(20(26)14-5-4-6-15(13-14)24(29)30)21(27)22(28)23(19)9-11-32-12-10-25/h2-8,13,19,25-26H,9-12H2,1H3/b20-18-. The Bertz CT molecular complexity index is 1070. The van der Waals surface area contributed by atoms with Crippen LogP contribution in [0.4, 0.5) is 5.69 Å². The number of ether oxygens (including phenoxy) is 2. The molecule has 1 saturated heterocycles. The number of hydrogen-bond donors (Lipinski definition) is 2. The van der Waals surface area contributed by atoms with Crippen LogP contribution in [0.2, 0.25) is 0 Å². The Morgan fingerprint density at radius 2 is 1.91 bits per heavy atom. The van der Waals surface area contributed by atoms with E-state index < -0.39 is 28.4 Å². The molecule has 0 saturated carbocycles. The van der Waals surface area contributed by atoms with Gasteiger partial charge in [-0.05, 0) is 6.07 Å². The number of para-hydroxylation sites is 1. The van der Waals surface area contributed by atoms with Crippen LogP contribution in [-0.4, -0.2) is 65.2 Å². The van der Waals surface area contributed by atoms with Crippen molar-refractivity contribution in [2.75, 3.05) is 33.5 Å². The van der Waals surface area contributed by atoms with Gasteiger partial charge in [-0.3, -0.25) is 19.7 Å². The molecule has 1 unspecified atom stereocenters. The van der Waals surface area contributed by atoms with Gasteiger partial charge in [-0.25, -0.2) is 0 Å². The van der Waals surface area contributed by atoms with Gasteiger partial charge in [0.2, 0.25) is 0 Å². The number of amides is 1. The summed E-state index contributed by atoms with van der Waals surface area (Å²) in [4.78, 5) is 37.6. The average Bonchev–Trinajstić information content (AvgIpc) is 3.06. The maximum Gasteiger partial charge on any atom is 0.295 e. The van der Waals surface area contributed by atoms with Crippen LogP contribution in [0, 0.1) is 10.1 Å². The van der Waals surface area contributed by atoms with E-state index in [4.69, 9.17) is 14.6 Å². The van der Waals surface area contributed by atoms with Crippen molar-refractivity contribution in [3.63, 3.8) is 0 Å². The fourth-order valence-corrected chi connectivity index (χ4v) is 3.58. The van der Waals surface area contributed by atoms with Crippen molar-refractivity contribution in [1.29, 1.82) is 0 Å². The lowest BCUT2D eigenvalue weighted by Crippen LogP contribution is -2.33. The van der Waals surface area contributed by atoms with Crippen molar-refractivity contribution in [3.8, 4) is 5.75 Å². The molecular formula is C22H22N2O8. The molecule has 2 aromatic rings. The Morgan fingerprint density at radius 3 is 2.59 bits per heavy atom. The van der Waals surface area contributed by atoms with E-state index in [0.717, 1.165) is 6.07 Å². The van der Waals surface area contributed by atoms with Crippen LogP contribution < -0.4 is 4.74 Å².